The van der Waals surface area contributed by atoms with Gasteiger partial charge >= 0.3 is 0 Å². The maximum Gasteiger partial charge on any atom is 0.0146 e. The van der Waals surface area contributed by atoms with Crippen molar-refractivity contribution < 1.29 is 0 Å². The van der Waals surface area contributed by atoms with E-state index >= 15 is 0 Å². The van der Waals surface area contributed by atoms with Crippen LogP contribution in [0.4, 0.5) is 0 Å². The van der Waals surface area contributed by atoms with Gasteiger partial charge in [-0.25, -0.2) is 0 Å². The van der Waals surface area contributed by atoms with Crippen LogP contribution in [0.3, 0.4) is 0 Å². The second-order valence-electron chi connectivity index (χ2n) is 9.62. The van der Waals surface area contributed by atoms with Gasteiger partial charge in [0.1, 0.15) is 0 Å². The monoisotopic (exact) mass is 354 g/mol. The van der Waals surface area contributed by atoms with Crippen molar-refractivity contribution in [3.8, 4) is 0 Å². The topological polar surface area (TPSA) is 0 Å². The average molecular weight is 355 g/mol. The van der Waals surface area contributed by atoms with Gasteiger partial charge in [-0.3, -0.25) is 0 Å². The lowest BCUT2D eigenvalue weighted by Crippen LogP contribution is -2.26. The second-order valence-corrected chi connectivity index (χ2v) is 9.62. The van der Waals surface area contributed by atoms with Crippen LogP contribution >= 0.6 is 0 Å². The summed E-state index contributed by atoms with van der Waals surface area (Å²) in [4.78, 5) is 0. The number of fused-ring (bicyclic) bond motifs is 6. The highest BCUT2D eigenvalue weighted by atomic mass is 14.4. The number of hydrogen-bond acceptors (Lipinski definition) is 0. The summed E-state index contributed by atoms with van der Waals surface area (Å²) in [5, 5.41) is 0. The molecule has 0 unspecified atom stereocenters. The normalized spacial score (nSPS) is 18.9. The van der Waals surface area contributed by atoms with E-state index in [4.69, 9.17) is 0 Å². The lowest BCUT2D eigenvalue weighted by atomic mass is 9.69. The maximum absolute atomic E-state index is 2.41. The molecule has 3 aromatic carbocycles. The Kier molecular flexibility index (Phi) is 3.89. The first-order chi connectivity index (χ1) is 12.6. The van der Waals surface area contributed by atoms with E-state index in [1.54, 1.807) is 0 Å². The lowest BCUT2D eigenvalue weighted by molar-refractivity contribution is 0.595. The molecule has 0 aliphatic heterocycles. The molecule has 0 N–H and O–H groups in total. The minimum Gasteiger partial charge on any atom is -0.0617 e. The summed E-state index contributed by atoms with van der Waals surface area (Å²) >= 11 is 0. The molecule has 0 atom stereocenters. The molecule has 27 heavy (non-hydrogen) atoms. The summed E-state index contributed by atoms with van der Waals surface area (Å²) in [6.45, 7) is 14.1. The van der Waals surface area contributed by atoms with Crippen molar-refractivity contribution in [3.05, 3.63) is 106 Å². The van der Waals surface area contributed by atoms with Crippen LogP contribution in [0.5, 0.6) is 0 Å². The molecule has 0 aromatic heterocycles. The highest BCUT2D eigenvalue weighted by molar-refractivity contribution is 5.50. The Morgan fingerprint density at radius 2 is 0.556 bits per heavy atom. The molecule has 138 valence electrons. The molecule has 0 amide bonds. The smallest absolute Gasteiger partial charge is 0.0146 e. The van der Waals surface area contributed by atoms with E-state index in [0.717, 1.165) is 0 Å². The summed E-state index contributed by atoms with van der Waals surface area (Å²) < 4.78 is 0. The first kappa shape index (κ1) is 18.0. The van der Waals surface area contributed by atoms with Crippen molar-refractivity contribution in [2.45, 2.75) is 57.8 Å². The van der Waals surface area contributed by atoms with Crippen LogP contribution < -0.4 is 0 Å². The fourth-order valence-electron chi connectivity index (χ4n) is 4.39. The van der Waals surface area contributed by atoms with Crippen LogP contribution in [-0.4, -0.2) is 0 Å². The highest BCUT2D eigenvalue weighted by Crippen LogP contribution is 2.41. The first-order valence-corrected chi connectivity index (χ1v) is 9.96. The van der Waals surface area contributed by atoms with Gasteiger partial charge in [0.2, 0.25) is 0 Å². The van der Waals surface area contributed by atoms with Crippen LogP contribution in [0.25, 0.3) is 0 Å². The van der Waals surface area contributed by atoms with E-state index in [1.165, 1.54) is 33.4 Å². The third-order valence-corrected chi connectivity index (χ3v) is 6.92. The molecule has 0 heteroatoms. The standard InChI is InChI=1S/C27H30/c1-25(2)19-10-7-12-21(16-19)26(3,4)23-14-9-15-24(18-23)27(5,6)22-13-8-11-20(25)17-22/h7-18H,1-6H3. The van der Waals surface area contributed by atoms with Crippen LogP contribution in [0, 0.1) is 0 Å². The van der Waals surface area contributed by atoms with Crippen molar-refractivity contribution in [2.75, 3.05) is 0 Å². The average Bonchev–Trinajstić information content (AvgIpc) is 2.67. The molecule has 0 radical (unpaired) electrons. The summed E-state index contributed by atoms with van der Waals surface area (Å²) in [6, 6.07) is 27.6. The maximum atomic E-state index is 2.41. The molecule has 0 spiro atoms. The summed E-state index contributed by atoms with van der Waals surface area (Å²) in [5.74, 6) is 0. The molecule has 3 aromatic rings. The molecule has 0 saturated heterocycles. The minimum atomic E-state index is -0.0366. The van der Waals surface area contributed by atoms with Crippen LogP contribution in [0.15, 0.2) is 72.8 Å². The zero-order valence-corrected chi connectivity index (χ0v) is 17.4. The summed E-state index contributed by atoms with van der Waals surface area (Å²) in [6.07, 6.45) is 0. The Hall–Kier alpha value is -2.34. The lowest BCUT2D eigenvalue weighted by Gasteiger charge is -2.35. The molecular weight excluding hydrogens is 324 g/mol. The third kappa shape index (κ3) is 2.74. The second kappa shape index (κ2) is 5.83. The summed E-state index contributed by atoms with van der Waals surface area (Å²) in [5.41, 5.74) is 8.14. The Morgan fingerprint density at radius 1 is 0.370 bits per heavy atom. The van der Waals surface area contributed by atoms with Gasteiger partial charge in [-0.1, -0.05) is 114 Å². The van der Waals surface area contributed by atoms with Gasteiger partial charge in [-0.15, -0.1) is 0 Å². The Morgan fingerprint density at radius 3 is 0.741 bits per heavy atom. The molecule has 1 aliphatic carbocycles. The SMILES string of the molecule is CC1(C)c2cccc(c2)C(C)(C)c2cccc(c2)C(C)(C)c2cccc1c2. The zero-order chi connectivity index (χ0) is 19.4. The fourth-order valence-corrected chi connectivity index (χ4v) is 4.39. The van der Waals surface area contributed by atoms with Gasteiger partial charge in [-0.05, 0) is 33.4 Å². The molecule has 4 rings (SSSR count). The predicted octanol–water partition coefficient (Wildman–Crippen LogP) is 6.98. The van der Waals surface area contributed by atoms with E-state index in [1.807, 2.05) is 0 Å². The highest BCUT2D eigenvalue weighted by Gasteiger charge is 2.32. The molecular formula is C27H30. The molecule has 0 saturated carbocycles. The molecule has 1 aliphatic rings. The number of hydrogen-bond donors (Lipinski definition) is 0. The molecule has 0 fully saturated rings. The molecule has 0 nitrogen and oxygen atoms in total. The van der Waals surface area contributed by atoms with Gasteiger partial charge < -0.3 is 0 Å². The van der Waals surface area contributed by atoms with E-state index in [-0.39, 0.29) is 16.2 Å². The van der Waals surface area contributed by atoms with Gasteiger partial charge in [0, 0.05) is 16.2 Å². The van der Waals surface area contributed by atoms with Crippen LogP contribution in [-0.2, 0) is 16.2 Å². The van der Waals surface area contributed by atoms with Crippen molar-refractivity contribution >= 4 is 0 Å². The van der Waals surface area contributed by atoms with Gasteiger partial charge in [0.25, 0.3) is 0 Å². The van der Waals surface area contributed by atoms with Crippen LogP contribution in [0.1, 0.15) is 74.9 Å². The first-order valence-electron chi connectivity index (χ1n) is 9.96. The van der Waals surface area contributed by atoms with Gasteiger partial charge in [0.15, 0.2) is 0 Å². The van der Waals surface area contributed by atoms with E-state index in [9.17, 15) is 0 Å². The van der Waals surface area contributed by atoms with Crippen molar-refractivity contribution in [1.82, 2.24) is 0 Å². The predicted molar refractivity (Wildman–Crippen MR) is 116 cm³/mol. The van der Waals surface area contributed by atoms with Crippen LogP contribution in [0.2, 0.25) is 0 Å². The third-order valence-electron chi connectivity index (χ3n) is 6.92. The van der Waals surface area contributed by atoms with Crippen molar-refractivity contribution in [3.63, 3.8) is 0 Å². The fraction of sp³-hybridized carbons (Fsp3) is 0.333. The van der Waals surface area contributed by atoms with E-state index in [2.05, 4.69) is 114 Å². The van der Waals surface area contributed by atoms with Gasteiger partial charge in [0.05, 0.1) is 0 Å². The Balaban J connectivity index is 2.10. The molecule has 0 heterocycles. The van der Waals surface area contributed by atoms with Crippen molar-refractivity contribution in [1.29, 1.82) is 0 Å². The largest absolute Gasteiger partial charge is 0.0617 e. The Bertz CT molecular complexity index is 806. The number of rotatable bonds is 0. The van der Waals surface area contributed by atoms with E-state index < -0.39 is 0 Å². The van der Waals surface area contributed by atoms with E-state index in [0.29, 0.717) is 0 Å². The van der Waals surface area contributed by atoms with Gasteiger partial charge in [-0.2, -0.15) is 0 Å². The van der Waals surface area contributed by atoms with Crippen molar-refractivity contribution in [2.24, 2.45) is 0 Å². The molecule has 6 bridgehead atoms. The zero-order valence-electron chi connectivity index (χ0n) is 17.4. The number of benzene rings is 3. The minimum absolute atomic E-state index is 0.0366. The quantitative estimate of drug-likeness (QED) is 0.408. The Labute approximate surface area is 164 Å². The summed E-state index contributed by atoms with van der Waals surface area (Å²) in [7, 11) is 0.